The number of anilines is 1. The Labute approximate surface area is 157 Å². The van der Waals surface area contributed by atoms with Crippen molar-refractivity contribution in [2.45, 2.75) is 12.8 Å². The number of hydrogen-bond acceptors (Lipinski definition) is 8. The van der Waals surface area contributed by atoms with Gasteiger partial charge in [-0.25, -0.2) is 12.9 Å². The van der Waals surface area contributed by atoms with Gasteiger partial charge in [0.15, 0.2) is 0 Å². The molecule has 2 aromatic heterocycles. The zero-order valence-electron chi connectivity index (χ0n) is 15.2. The summed E-state index contributed by atoms with van der Waals surface area (Å²) in [7, 11) is -1.36. The van der Waals surface area contributed by atoms with Gasteiger partial charge in [0, 0.05) is 19.0 Å². The van der Waals surface area contributed by atoms with E-state index in [0.29, 0.717) is 17.9 Å². The molecule has 2 aromatic rings. The normalized spacial score (nSPS) is 16.0. The van der Waals surface area contributed by atoms with Crippen molar-refractivity contribution in [1.29, 1.82) is 0 Å². The Morgan fingerprint density at radius 3 is 2.56 bits per heavy atom. The van der Waals surface area contributed by atoms with E-state index < -0.39 is 10.4 Å². The van der Waals surface area contributed by atoms with Gasteiger partial charge in [0.1, 0.15) is 5.52 Å². The lowest BCUT2D eigenvalue weighted by Gasteiger charge is -2.28. The summed E-state index contributed by atoms with van der Waals surface area (Å²) >= 11 is 0. The molecule has 3 heterocycles. The van der Waals surface area contributed by atoms with Crippen LogP contribution in [0.1, 0.15) is 12.8 Å². The first kappa shape index (κ1) is 21.0. The molecule has 11 nitrogen and oxygen atoms in total. The number of aromatic nitrogens is 2. The fourth-order valence-electron chi connectivity index (χ4n) is 3.05. The maximum atomic E-state index is 11.3. The molecule has 0 aliphatic carbocycles. The lowest BCUT2D eigenvalue weighted by Crippen LogP contribution is -2.44. The summed E-state index contributed by atoms with van der Waals surface area (Å²) in [6.07, 6.45) is 4.26. The van der Waals surface area contributed by atoms with Gasteiger partial charge in [-0.15, -0.1) is 5.10 Å². The van der Waals surface area contributed by atoms with E-state index in [1.54, 1.807) is 22.8 Å². The molecule has 3 rings (SSSR count). The number of nitro groups is 1. The molecular formula is C15H23N5O6S. The molecule has 0 radical (unpaired) electrons. The molecule has 1 saturated heterocycles. The Morgan fingerprint density at radius 2 is 2.00 bits per heavy atom. The lowest BCUT2D eigenvalue weighted by molar-refractivity contribution is -0.895. The van der Waals surface area contributed by atoms with E-state index in [1.165, 1.54) is 25.9 Å². The number of likely N-dealkylation sites (N-methyl/N-ethyl adjacent to an activating group) is 1. The predicted octanol–water partition coefficient (Wildman–Crippen LogP) is 0.988. The summed E-state index contributed by atoms with van der Waals surface area (Å²) in [4.78, 5) is 10.9. The fraction of sp³-hybridized carbons (Fsp3) is 0.533. The van der Waals surface area contributed by atoms with Crippen molar-refractivity contribution < 1.29 is 26.6 Å². The Hall–Kier alpha value is -2.28. The van der Waals surface area contributed by atoms with E-state index in [9.17, 15) is 23.1 Å². The summed E-state index contributed by atoms with van der Waals surface area (Å²) < 4.78 is 33.6. The Morgan fingerprint density at radius 1 is 1.37 bits per heavy atom. The number of likely N-dealkylation sites (tertiary alicyclic amines) is 1. The number of nitrogens with zero attached hydrogens (tertiary/aromatic N) is 4. The average Bonchev–Trinajstić information content (AvgIpc) is 3.18. The van der Waals surface area contributed by atoms with Gasteiger partial charge in [-0.05, 0) is 12.1 Å². The van der Waals surface area contributed by atoms with Crippen LogP contribution in [-0.2, 0) is 14.6 Å². The van der Waals surface area contributed by atoms with E-state index >= 15 is 0 Å². The quantitative estimate of drug-likeness (QED) is 0.248. The number of pyridine rings is 1. The zero-order chi connectivity index (χ0) is 20.1. The average molecular weight is 401 g/mol. The van der Waals surface area contributed by atoms with Gasteiger partial charge < -0.3 is 14.4 Å². The predicted molar refractivity (Wildman–Crippen MR) is 97.1 cm³/mol. The molecule has 0 amide bonds. The molecule has 150 valence electrons. The van der Waals surface area contributed by atoms with Crippen LogP contribution in [0.15, 0.2) is 24.4 Å². The molecule has 0 spiro atoms. The number of quaternary nitrogens is 1. The first-order valence-corrected chi connectivity index (χ1v) is 9.69. The molecule has 27 heavy (non-hydrogen) atoms. The van der Waals surface area contributed by atoms with Crippen molar-refractivity contribution in [2.24, 2.45) is 0 Å². The third-order valence-electron chi connectivity index (χ3n) is 4.49. The summed E-state index contributed by atoms with van der Waals surface area (Å²) in [6.45, 7) is 4.04. The molecule has 0 atom stereocenters. The van der Waals surface area contributed by atoms with Crippen LogP contribution in [0.5, 0.6) is 0 Å². The SMILES string of the molecule is COS(=O)(=O)[O-].C[N+]1(CCNc2nn3ccccc3c2[N+](=O)[O-])CCCC1. The third-order valence-corrected chi connectivity index (χ3v) is 4.90. The van der Waals surface area contributed by atoms with Crippen molar-refractivity contribution in [3.05, 3.63) is 34.5 Å². The largest absolute Gasteiger partial charge is 0.726 e. The fourth-order valence-corrected chi connectivity index (χ4v) is 3.05. The second-order valence-corrected chi connectivity index (χ2v) is 7.63. The number of rotatable bonds is 6. The van der Waals surface area contributed by atoms with Crippen LogP contribution in [0.2, 0.25) is 0 Å². The maximum Gasteiger partial charge on any atom is 0.338 e. The number of hydrogen-bond donors (Lipinski definition) is 1. The van der Waals surface area contributed by atoms with Crippen molar-refractivity contribution in [3.8, 4) is 0 Å². The van der Waals surface area contributed by atoms with E-state index in [0.717, 1.165) is 18.1 Å². The molecule has 12 heteroatoms. The lowest BCUT2D eigenvalue weighted by atomic mass is 10.3. The highest BCUT2D eigenvalue weighted by molar-refractivity contribution is 7.80. The molecule has 0 unspecified atom stereocenters. The van der Waals surface area contributed by atoms with Gasteiger partial charge >= 0.3 is 5.69 Å². The summed E-state index contributed by atoms with van der Waals surface area (Å²) in [5.41, 5.74) is 0.575. The van der Waals surface area contributed by atoms with Crippen molar-refractivity contribution in [1.82, 2.24) is 9.61 Å². The second-order valence-electron chi connectivity index (χ2n) is 6.48. The van der Waals surface area contributed by atoms with Crippen LogP contribution in [0.4, 0.5) is 11.5 Å². The minimum Gasteiger partial charge on any atom is -0.726 e. The molecule has 1 N–H and O–H groups in total. The van der Waals surface area contributed by atoms with E-state index in [4.69, 9.17) is 0 Å². The first-order chi connectivity index (χ1) is 12.7. The molecule has 1 aliphatic rings. The monoisotopic (exact) mass is 401 g/mol. The highest BCUT2D eigenvalue weighted by Gasteiger charge is 2.27. The van der Waals surface area contributed by atoms with Crippen LogP contribution in [0.3, 0.4) is 0 Å². The van der Waals surface area contributed by atoms with Crippen molar-refractivity contribution in [2.75, 3.05) is 45.7 Å². The second kappa shape index (κ2) is 8.61. The molecule has 1 aliphatic heterocycles. The Kier molecular flexibility index (Phi) is 6.70. The number of nitrogens with one attached hydrogen (secondary N) is 1. The molecule has 0 aromatic carbocycles. The highest BCUT2D eigenvalue weighted by Crippen LogP contribution is 2.28. The standard InChI is InChI=1S/C14H20N5O2.CH4O4S/c1-19(9-4-5-10-19)11-7-15-14-13(18(20)21)12-6-2-3-8-17(12)16-14;1-5-6(2,3)4/h2-3,6,8H,4-5,7,9-11H2,1H3,(H,15,16);1H3,(H,2,3,4)/q+1;/p-1. The minimum atomic E-state index is -4.41. The van der Waals surface area contributed by atoms with Gasteiger partial charge in [-0.3, -0.25) is 14.3 Å². The molecule has 0 bridgehead atoms. The van der Waals surface area contributed by atoms with Crippen LogP contribution in [0.25, 0.3) is 5.52 Å². The molecular weight excluding hydrogens is 378 g/mol. The minimum absolute atomic E-state index is 0.0553. The summed E-state index contributed by atoms with van der Waals surface area (Å²) in [6, 6.07) is 5.30. The Bertz CT molecular complexity index is 891. The van der Waals surface area contributed by atoms with Crippen LogP contribution >= 0.6 is 0 Å². The van der Waals surface area contributed by atoms with Gasteiger partial charge in [0.05, 0.1) is 45.3 Å². The topological polar surface area (TPSA) is 139 Å². The van der Waals surface area contributed by atoms with Gasteiger partial charge in [-0.2, -0.15) is 0 Å². The van der Waals surface area contributed by atoms with E-state index in [1.807, 2.05) is 6.07 Å². The van der Waals surface area contributed by atoms with Crippen LogP contribution in [0, 0.1) is 10.1 Å². The Balaban J connectivity index is 0.000000380. The number of fused-ring (bicyclic) bond motifs is 1. The smallest absolute Gasteiger partial charge is 0.338 e. The molecule has 1 fully saturated rings. The highest BCUT2D eigenvalue weighted by atomic mass is 32.3. The van der Waals surface area contributed by atoms with E-state index in [2.05, 4.69) is 21.6 Å². The summed E-state index contributed by atoms with van der Waals surface area (Å²) in [5.74, 6) is 0.358. The molecule has 0 saturated carbocycles. The first-order valence-electron chi connectivity index (χ1n) is 8.36. The van der Waals surface area contributed by atoms with Crippen molar-refractivity contribution >= 4 is 27.4 Å². The maximum absolute atomic E-state index is 11.3. The van der Waals surface area contributed by atoms with Gasteiger partial charge in [0.25, 0.3) is 0 Å². The van der Waals surface area contributed by atoms with E-state index in [-0.39, 0.29) is 10.6 Å². The van der Waals surface area contributed by atoms with Gasteiger partial charge in [-0.1, -0.05) is 6.07 Å². The van der Waals surface area contributed by atoms with Crippen LogP contribution in [-0.4, -0.2) is 72.3 Å². The van der Waals surface area contributed by atoms with Gasteiger partial charge in [0.2, 0.25) is 16.2 Å². The zero-order valence-corrected chi connectivity index (χ0v) is 16.0. The van der Waals surface area contributed by atoms with Crippen LogP contribution < -0.4 is 5.32 Å². The summed E-state index contributed by atoms with van der Waals surface area (Å²) in [5, 5.41) is 18.7. The third kappa shape index (κ3) is 5.85. The van der Waals surface area contributed by atoms with Crippen molar-refractivity contribution in [3.63, 3.8) is 0 Å².